The van der Waals surface area contributed by atoms with Crippen LogP contribution in [0.4, 0.5) is 0 Å². The van der Waals surface area contributed by atoms with Gasteiger partial charge in [0, 0.05) is 13.5 Å². The van der Waals surface area contributed by atoms with Crippen molar-refractivity contribution in [1.29, 1.82) is 0 Å². The number of rotatable bonds is 2. The number of fused-ring (bicyclic) bond motifs is 1. The molecule has 0 radical (unpaired) electrons. The van der Waals surface area contributed by atoms with Crippen LogP contribution in [0.3, 0.4) is 0 Å². The molecule has 2 rings (SSSR count). The first-order chi connectivity index (χ1) is 6.90. The summed E-state index contributed by atoms with van der Waals surface area (Å²) in [6.45, 7) is 2.07. The quantitative estimate of drug-likeness (QED) is 0.720. The SMILES string of the molecule is COCc1ccc2c(c1)OCCCO2. The molecule has 0 amide bonds. The highest BCUT2D eigenvalue weighted by atomic mass is 16.5. The number of benzene rings is 1. The number of hydrogen-bond acceptors (Lipinski definition) is 3. The Hall–Kier alpha value is -1.22. The third-order valence-corrected chi connectivity index (χ3v) is 2.12. The summed E-state index contributed by atoms with van der Waals surface area (Å²) in [6.07, 6.45) is 0.939. The normalized spacial score (nSPS) is 14.9. The van der Waals surface area contributed by atoms with E-state index in [1.165, 1.54) is 0 Å². The molecule has 3 heteroatoms. The molecule has 0 unspecified atom stereocenters. The zero-order valence-electron chi connectivity index (χ0n) is 8.29. The average molecular weight is 194 g/mol. The fraction of sp³-hybridized carbons (Fsp3) is 0.455. The van der Waals surface area contributed by atoms with Crippen LogP contribution in [0.1, 0.15) is 12.0 Å². The van der Waals surface area contributed by atoms with Crippen LogP contribution in [0.15, 0.2) is 18.2 Å². The molecule has 14 heavy (non-hydrogen) atoms. The van der Waals surface area contributed by atoms with Gasteiger partial charge < -0.3 is 14.2 Å². The molecule has 1 aromatic carbocycles. The lowest BCUT2D eigenvalue weighted by Gasteiger charge is -2.08. The fourth-order valence-electron chi connectivity index (χ4n) is 1.46. The van der Waals surface area contributed by atoms with E-state index in [-0.39, 0.29) is 0 Å². The second-order valence-electron chi connectivity index (χ2n) is 3.26. The topological polar surface area (TPSA) is 27.7 Å². The standard InChI is InChI=1S/C11H14O3/c1-12-8-9-3-4-10-11(7-9)14-6-2-5-13-10/h3-4,7H,2,5-6,8H2,1H3. The Morgan fingerprint density at radius 1 is 1.21 bits per heavy atom. The molecule has 0 saturated heterocycles. The first kappa shape index (κ1) is 9.34. The Kier molecular flexibility index (Phi) is 2.89. The molecule has 0 fully saturated rings. The van der Waals surface area contributed by atoms with Crippen LogP contribution in [0, 0.1) is 0 Å². The average Bonchev–Trinajstić information content (AvgIpc) is 2.42. The molecule has 76 valence electrons. The van der Waals surface area contributed by atoms with Gasteiger partial charge in [0.25, 0.3) is 0 Å². The fourth-order valence-corrected chi connectivity index (χ4v) is 1.46. The monoisotopic (exact) mass is 194 g/mol. The summed E-state index contributed by atoms with van der Waals surface area (Å²) >= 11 is 0. The Labute approximate surface area is 83.6 Å². The highest BCUT2D eigenvalue weighted by molar-refractivity contribution is 5.43. The van der Waals surface area contributed by atoms with E-state index in [2.05, 4.69) is 0 Å². The van der Waals surface area contributed by atoms with E-state index < -0.39 is 0 Å². The summed E-state index contributed by atoms with van der Waals surface area (Å²) in [6, 6.07) is 5.91. The van der Waals surface area contributed by atoms with Crippen LogP contribution in [0.25, 0.3) is 0 Å². The Bertz CT molecular complexity index is 309. The Morgan fingerprint density at radius 3 is 2.79 bits per heavy atom. The molecule has 0 N–H and O–H groups in total. The largest absolute Gasteiger partial charge is 0.490 e. The number of ether oxygens (including phenoxy) is 3. The maximum Gasteiger partial charge on any atom is 0.161 e. The van der Waals surface area contributed by atoms with E-state index in [0.29, 0.717) is 6.61 Å². The molecule has 0 saturated carbocycles. The minimum absolute atomic E-state index is 0.608. The van der Waals surface area contributed by atoms with Gasteiger partial charge >= 0.3 is 0 Å². The van der Waals surface area contributed by atoms with E-state index >= 15 is 0 Å². The van der Waals surface area contributed by atoms with Crippen molar-refractivity contribution in [3.05, 3.63) is 23.8 Å². The van der Waals surface area contributed by atoms with Crippen molar-refractivity contribution in [2.75, 3.05) is 20.3 Å². The molecule has 0 aliphatic carbocycles. The lowest BCUT2D eigenvalue weighted by atomic mass is 10.2. The predicted molar refractivity (Wildman–Crippen MR) is 52.8 cm³/mol. The van der Waals surface area contributed by atoms with Gasteiger partial charge in [-0.25, -0.2) is 0 Å². The third kappa shape index (κ3) is 1.99. The molecular weight excluding hydrogens is 180 g/mol. The van der Waals surface area contributed by atoms with E-state index in [4.69, 9.17) is 14.2 Å². The molecule has 0 spiro atoms. The number of hydrogen-bond donors (Lipinski definition) is 0. The second-order valence-corrected chi connectivity index (χ2v) is 3.26. The summed E-state index contributed by atoms with van der Waals surface area (Å²) in [5.74, 6) is 1.67. The van der Waals surface area contributed by atoms with Gasteiger partial charge in [-0.05, 0) is 17.7 Å². The van der Waals surface area contributed by atoms with Crippen molar-refractivity contribution in [1.82, 2.24) is 0 Å². The maximum atomic E-state index is 5.55. The lowest BCUT2D eigenvalue weighted by Crippen LogP contribution is -1.97. The predicted octanol–water partition coefficient (Wildman–Crippen LogP) is 1.99. The van der Waals surface area contributed by atoms with Crippen molar-refractivity contribution in [2.45, 2.75) is 13.0 Å². The van der Waals surface area contributed by atoms with Crippen molar-refractivity contribution in [3.63, 3.8) is 0 Å². The van der Waals surface area contributed by atoms with Crippen molar-refractivity contribution in [2.24, 2.45) is 0 Å². The first-order valence-electron chi connectivity index (χ1n) is 4.77. The minimum atomic E-state index is 0.608. The molecule has 0 atom stereocenters. The zero-order valence-corrected chi connectivity index (χ0v) is 8.29. The molecule has 1 aliphatic heterocycles. The Balaban J connectivity index is 2.23. The molecule has 1 aliphatic rings. The van der Waals surface area contributed by atoms with Crippen LogP contribution >= 0.6 is 0 Å². The summed E-state index contributed by atoms with van der Waals surface area (Å²) < 4.78 is 16.1. The van der Waals surface area contributed by atoms with E-state index in [9.17, 15) is 0 Å². The molecule has 1 heterocycles. The van der Waals surface area contributed by atoms with Gasteiger partial charge in [-0.2, -0.15) is 0 Å². The molecule has 3 nitrogen and oxygen atoms in total. The van der Waals surface area contributed by atoms with Gasteiger partial charge in [0.2, 0.25) is 0 Å². The van der Waals surface area contributed by atoms with Gasteiger partial charge in [-0.3, -0.25) is 0 Å². The summed E-state index contributed by atoms with van der Waals surface area (Å²) in [5.41, 5.74) is 1.11. The Morgan fingerprint density at radius 2 is 2.00 bits per heavy atom. The maximum absolute atomic E-state index is 5.55. The summed E-state index contributed by atoms with van der Waals surface area (Å²) in [7, 11) is 1.68. The summed E-state index contributed by atoms with van der Waals surface area (Å²) in [5, 5.41) is 0. The van der Waals surface area contributed by atoms with Gasteiger partial charge in [0.15, 0.2) is 11.5 Å². The number of methoxy groups -OCH3 is 1. The van der Waals surface area contributed by atoms with E-state index in [1.807, 2.05) is 18.2 Å². The third-order valence-electron chi connectivity index (χ3n) is 2.12. The van der Waals surface area contributed by atoms with Crippen LogP contribution < -0.4 is 9.47 Å². The highest BCUT2D eigenvalue weighted by Crippen LogP contribution is 2.30. The van der Waals surface area contributed by atoms with Crippen LogP contribution in [-0.2, 0) is 11.3 Å². The van der Waals surface area contributed by atoms with Crippen molar-refractivity contribution in [3.8, 4) is 11.5 Å². The lowest BCUT2D eigenvalue weighted by molar-refractivity contribution is 0.184. The van der Waals surface area contributed by atoms with E-state index in [1.54, 1.807) is 7.11 Å². The smallest absolute Gasteiger partial charge is 0.161 e. The molecule has 0 aromatic heterocycles. The highest BCUT2D eigenvalue weighted by Gasteiger charge is 2.09. The summed E-state index contributed by atoms with van der Waals surface area (Å²) in [4.78, 5) is 0. The molecular formula is C11H14O3. The van der Waals surface area contributed by atoms with Crippen LogP contribution in [0.2, 0.25) is 0 Å². The van der Waals surface area contributed by atoms with Crippen molar-refractivity contribution < 1.29 is 14.2 Å². The minimum Gasteiger partial charge on any atom is -0.490 e. The van der Waals surface area contributed by atoms with Gasteiger partial charge in [-0.1, -0.05) is 6.07 Å². The zero-order chi connectivity index (χ0) is 9.80. The van der Waals surface area contributed by atoms with Crippen LogP contribution in [-0.4, -0.2) is 20.3 Å². The van der Waals surface area contributed by atoms with Gasteiger partial charge in [0.1, 0.15) is 0 Å². The molecule has 0 bridgehead atoms. The van der Waals surface area contributed by atoms with Crippen LogP contribution in [0.5, 0.6) is 11.5 Å². The van der Waals surface area contributed by atoms with Gasteiger partial charge in [0.05, 0.1) is 19.8 Å². The van der Waals surface area contributed by atoms with Gasteiger partial charge in [-0.15, -0.1) is 0 Å². The molecule has 1 aromatic rings. The second kappa shape index (κ2) is 4.33. The van der Waals surface area contributed by atoms with Crippen molar-refractivity contribution >= 4 is 0 Å². The van der Waals surface area contributed by atoms with E-state index in [0.717, 1.165) is 36.7 Å². The first-order valence-corrected chi connectivity index (χ1v) is 4.77.